The van der Waals surface area contributed by atoms with Gasteiger partial charge in [0.2, 0.25) is 5.91 Å². The van der Waals surface area contributed by atoms with Gasteiger partial charge in [-0.2, -0.15) is 0 Å². The summed E-state index contributed by atoms with van der Waals surface area (Å²) in [6, 6.07) is 14.7. The van der Waals surface area contributed by atoms with Crippen molar-refractivity contribution in [2.24, 2.45) is 0 Å². The van der Waals surface area contributed by atoms with E-state index in [4.69, 9.17) is 0 Å². The van der Waals surface area contributed by atoms with Gasteiger partial charge in [-0.3, -0.25) is 4.79 Å². The summed E-state index contributed by atoms with van der Waals surface area (Å²) in [5.74, 6) is 0.0252. The highest BCUT2D eigenvalue weighted by atomic mass is 16.1. The third-order valence-corrected chi connectivity index (χ3v) is 3.16. The second-order valence-corrected chi connectivity index (χ2v) is 4.77. The maximum Gasteiger partial charge on any atom is 0.238 e. The lowest BCUT2D eigenvalue weighted by molar-refractivity contribution is -0.115. The number of fused-ring (bicyclic) bond motifs is 1. The van der Waals surface area contributed by atoms with Gasteiger partial charge >= 0.3 is 0 Å². The van der Waals surface area contributed by atoms with E-state index in [1.165, 1.54) is 18.2 Å². The fourth-order valence-corrected chi connectivity index (χ4v) is 2.00. The SMILES string of the molecule is O=C(CNC1CC1)Nc1ccc2ccccc2c1. The highest BCUT2D eigenvalue weighted by Crippen LogP contribution is 2.19. The molecule has 2 N–H and O–H groups in total. The molecule has 2 aromatic rings. The Bertz CT molecular complexity index is 575. The van der Waals surface area contributed by atoms with Gasteiger partial charge < -0.3 is 10.6 Å². The fourth-order valence-electron chi connectivity index (χ4n) is 2.00. The molecule has 18 heavy (non-hydrogen) atoms. The molecular formula is C15H16N2O. The number of rotatable bonds is 4. The first-order valence-electron chi connectivity index (χ1n) is 6.33. The molecule has 1 saturated carbocycles. The average Bonchev–Trinajstić information content (AvgIpc) is 3.20. The van der Waals surface area contributed by atoms with Gasteiger partial charge in [0.25, 0.3) is 0 Å². The molecule has 1 fully saturated rings. The van der Waals surface area contributed by atoms with Crippen molar-refractivity contribution in [3.63, 3.8) is 0 Å². The Kier molecular flexibility index (Phi) is 2.99. The summed E-state index contributed by atoms with van der Waals surface area (Å²) in [4.78, 5) is 11.7. The molecule has 0 atom stereocenters. The Morgan fingerprint density at radius 1 is 1.11 bits per heavy atom. The van der Waals surface area contributed by atoms with Crippen LogP contribution in [0.5, 0.6) is 0 Å². The van der Waals surface area contributed by atoms with Crippen molar-refractivity contribution in [3.05, 3.63) is 42.5 Å². The summed E-state index contributed by atoms with van der Waals surface area (Å²) in [5.41, 5.74) is 0.858. The van der Waals surface area contributed by atoms with Crippen LogP contribution in [-0.4, -0.2) is 18.5 Å². The van der Waals surface area contributed by atoms with Crippen LogP contribution in [0.1, 0.15) is 12.8 Å². The third-order valence-electron chi connectivity index (χ3n) is 3.16. The van der Waals surface area contributed by atoms with Crippen molar-refractivity contribution in [1.29, 1.82) is 0 Å². The number of hydrogen-bond acceptors (Lipinski definition) is 2. The Balaban J connectivity index is 1.67. The summed E-state index contributed by atoms with van der Waals surface area (Å²) in [6.45, 7) is 0.400. The first-order chi connectivity index (χ1) is 8.81. The normalized spacial score (nSPS) is 14.7. The van der Waals surface area contributed by atoms with E-state index >= 15 is 0 Å². The van der Waals surface area contributed by atoms with E-state index in [-0.39, 0.29) is 5.91 Å². The first-order valence-corrected chi connectivity index (χ1v) is 6.33. The van der Waals surface area contributed by atoms with Crippen LogP contribution in [0.4, 0.5) is 5.69 Å². The molecule has 1 aliphatic carbocycles. The predicted octanol–water partition coefficient (Wildman–Crippen LogP) is 2.53. The molecule has 0 heterocycles. The molecule has 0 radical (unpaired) electrons. The number of anilines is 1. The molecule has 0 spiro atoms. The van der Waals surface area contributed by atoms with Gasteiger partial charge in [0.15, 0.2) is 0 Å². The lowest BCUT2D eigenvalue weighted by Gasteiger charge is -2.07. The molecule has 1 amide bonds. The number of nitrogens with one attached hydrogen (secondary N) is 2. The Labute approximate surface area is 106 Å². The summed E-state index contributed by atoms with van der Waals surface area (Å²) in [7, 11) is 0. The molecule has 3 heteroatoms. The first kappa shape index (κ1) is 11.2. The van der Waals surface area contributed by atoms with E-state index in [1.54, 1.807) is 0 Å². The topological polar surface area (TPSA) is 41.1 Å². The van der Waals surface area contributed by atoms with Crippen molar-refractivity contribution < 1.29 is 4.79 Å². The molecule has 0 unspecified atom stereocenters. The Morgan fingerprint density at radius 2 is 1.89 bits per heavy atom. The smallest absolute Gasteiger partial charge is 0.238 e. The molecular weight excluding hydrogens is 224 g/mol. The summed E-state index contributed by atoms with van der Waals surface area (Å²) >= 11 is 0. The van der Waals surface area contributed by atoms with Gasteiger partial charge in [-0.1, -0.05) is 30.3 Å². The molecule has 3 nitrogen and oxygen atoms in total. The second-order valence-electron chi connectivity index (χ2n) is 4.77. The molecule has 0 aliphatic heterocycles. The van der Waals surface area contributed by atoms with E-state index in [9.17, 15) is 4.79 Å². The van der Waals surface area contributed by atoms with E-state index in [0.29, 0.717) is 12.6 Å². The number of hydrogen-bond donors (Lipinski definition) is 2. The summed E-state index contributed by atoms with van der Waals surface area (Å²) in [5, 5.41) is 8.45. The van der Waals surface area contributed by atoms with Gasteiger partial charge in [-0.25, -0.2) is 0 Å². The average molecular weight is 240 g/mol. The number of carbonyl (C=O) groups is 1. The molecule has 0 saturated heterocycles. The molecule has 2 aromatic carbocycles. The van der Waals surface area contributed by atoms with Crippen LogP contribution >= 0.6 is 0 Å². The van der Waals surface area contributed by atoms with Crippen LogP contribution < -0.4 is 10.6 Å². The van der Waals surface area contributed by atoms with Gasteiger partial charge in [-0.05, 0) is 35.7 Å². The molecule has 1 aliphatic rings. The van der Waals surface area contributed by atoms with Gasteiger partial charge in [0.05, 0.1) is 6.54 Å². The van der Waals surface area contributed by atoms with E-state index in [1.807, 2.05) is 36.4 Å². The molecule has 0 aromatic heterocycles. The molecule has 3 rings (SSSR count). The number of amides is 1. The largest absolute Gasteiger partial charge is 0.325 e. The van der Waals surface area contributed by atoms with Crippen LogP contribution in [-0.2, 0) is 4.79 Å². The minimum absolute atomic E-state index is 0.0252. The van der Waals surface area contributed by atoms with E-state index < -0.39 is 0 Å². The van der Waals surface area contributed by atoms with Gasteiger partial charge in [-0.15, -0.1) is 0 Å². The molecule has 0 bridgehead atoms. The van der Waals surface area contributed by atoms with Crippen LogP contribution in [0.15, 0.2) is 42.5 Å². The third kappa shape index (κ3) is 2.68. The van der Waals surface area contributed by atoms with Crippen molar-refractivity contribution in [3.8, 4) is 0 Å². The zero-order chi connectivity index (χ0) is 12.4. The molecule has 92 valence electrons. The van der Waals surface area contributed by atoms with Crippen LogP contribution in [0.25, 0.3) is 10.8 Å². The maximum absolute atomic E-state index is 11.7. The zero-order valence-corrected chi connectivity index (χ0v) is 10.1. The number of benzene rings is 2. The number of carbonyl (C=O) groups excluding carboxylic acids is 1. The second kappa shape index (κ2) is 4.78. The highest BCUT2D eigenvalue weighted by Gasteiger charge is 2.21. The van der Waals surface area contributed by atoms with E-state index in [0.717, 1.165) is 11.1 Å². The van der Waals surface area contributed by atoms with Gasteiger partial charge in [0.1, 0.15) is 0 Å². The van der Waals surface area contributed by atoms with Gasteiger partial charge in [0, 0.05) is 11.7 Å². The Hall–Kier alpha value is -1.87. The van der Waals surface area contributed by atoms with Crippen LogP contribution in [0, 0.1) is 0 Å². The summed E-state index contributed by atoms with van der Waals surface area (Å²) < 4.78 is 0. The quantitative estimate of drug-likeness (QED) is 0.862. The standard InChI is InChI=1S/C15H16N2O/c18-15(10-16-13-7-8-13)17-14-6-5-11-3-1-2-4-12(11)9-14/h1-6,9,13,16H,7-8,10H2,(H,17,18). The van der Waals surface area contributed by atoms with Crippen molar-refractivity contribution >= 4 is 22.4 Å². The minimum Gasteiger partial charge on any atom is -0.325 e. The minimum atomic E-state index is 0.0252. The van der Waals surface area contributed by atoms with E-state index in [2.05, 4.69) is 16.7 Å². The monoisotopic (exact) mass is 240 g/mol. The maximum atomic E-state index is 11.7. The van der Waals surface area contributed by atoms with Crippen LogP contribution in [0.2, 0.25) is 0 Å². The predicted molar refractivity (Wildman–Crippen MR) is 73.6 cm³/mol. The zero-order valence-electron chi connectivity index (χ0n) is 10.1. The Morgan fingerprint density at radius 3 is 2.67 bits per heavy atom. The lowest BCUT2D eigenvalue weighted by Crippen LogP contribution is -2.29. The van der Waals surface area contributed by atoms with Crippen LogP contribution in [0.3, 0.4) is 0 Å². The highest BCUT2D eigenvalue weighted by molar-refractivity contribution is 5.95. The van der Waals surface area contributed by atoms with Crippen molar-refractivity contribution in [2.45, 2.75) is 18.9 Å². The lowest BCUT2D eigenvalue weighted by atomic mass is 10.1. The van der Waals surface area contributed by atoms with Crippen molar-refractivity contribution in [2.75, 3.05) is 11.9 Å². The summed E-state index contributed by atoms with van der Waals surface area (Å²) in [6.07, 6.45) is 2.40. The fraction of sp³-hybridized carbons (Fsp3) is 0.267. The van der Waals surface area contributed by atoms with Crippen molar-refractivity contribution in [1.82, 2.24) is 5.32 Å².